The Morgan fingerprint density at radius 1 is 1.03 bits per heavy atom. The van der Waals surface area contributed by atoms with Crippen molar-refractivity contribution in [2.75, 3.05) is 26.8 Å². The summed E-state index contributed by atoms with van der Waals surface area (Å²) in [5.41, 5.74) is 0.654. The summed E-state index contributed by atoms with van der Waals surface area (Å²) >= 11 is 0. The van der Waals surface area contributed by atoms with Gasteiger partial charge in [0.15, 0.2) is 5.78 Å². The van der Waals surface area contributed by atoms with E-state index < -0.39 is 5.91 Å². The third-order valence-electron chi connectivity index (χ3n) is 5.92. The average Bonchev–Trinajstić information content (AvgIpc) is 2.89. The third-order valence-corrected chi connectivity index (χ3v) is 5.92. The van der Waals surface area contributed by atoms with E-state index in [0.717, 1.165) is 6.08 Å². The molecule has 0 atom stereocenters. The Kier molecular flexibility index (Phi) is 7.53. The first-order chi connectivity index (χ1) is 17.4. The first kappa shape index (κ1) is 24.8. The van der Waals surface area contributed by atoms with Gasteiger partial charge in [-0.1, -0.05) is 0 Å². The van der Waals surface area contributed by atoms with E-state index in [2.05, 4.69) is 15.3 Å². The Morgan fingerprint density at radius 2 is 1.72 bits per heavy atom. The van der Waals surface area contributed by atoms with E-state index in [-0.39, 0.29) is 34.9 Å². The fraction of sp³-hybridized carbons (Fsp3) is 0.308. The van der Waals surface area contributed by atoms with Gasteiger partial charge >= 0.3 is 6.09 Å². The van der Waals surface area contributed by atoms with Crippen LogP contribution in [0.15, 0.2) is 64.2 Å². The Labute approximate surface area is 207 Å². The molecule has 2 aromatic rings. The molecule has 2 heterocycles. The number of allylic oxidation sites excluding steroid dienone is 1. The summed E-state index contributed by atoms with van der Waals surface area (Å²) in [5, 5.41) is 3.62. The molecule has 1 fully saturated rings. The molecule has 36 heavy (non-hydrogen) atoms. The molecule has 0 aliphatic carbocycles. The number of benzene rings is 2. The maximum Gasteiger partial charge on any atom is 0.409 e. The average molecular weight is 491 g/mol. The van der Waals surface area contributed by atoms with E-state index in [0.29, 0.717) is 54.8 Å². The number of rotatable bonds is 6. The molecule has 2 aliphatic heterocycles. The number of fused-ring (bicyclic) bond motifs is 1. The maximum atomic E-state index is 12.8. The van der Waals surface area contributed by atoms with Gasteiger partial charge in [-0.05, 0) is 62.2 Å². The molecule has 10 nitrogen and oxygen atoms in total. The van der Waals surface area contributed by atoms with Gasteiger partial charge in [-0.3, -0.25) is 14.4 Å². The molecule has 2 aromatic carbocycles. The minimum atomic E-state index is -0.659. The lowest BCUT2D eigenvalue weighted by atomic mass is 10.0. The van der Waals surface area contributed by atoms with Crippen molar-refractivity contribution in [2.24, 2.45) is 9.98 Å². The van der Waals surface area contributed by atoms with E-state index in [1.54, 1.807) is 48.2 Å². The number of hydrogen-bond donors (Lipinski definition) is 1. The summed E-state index contributed by atoms with van der Waals surface area (Å²) in [6.07, 6.45) is 2.04. The zero-order valence-electron chi connectivity index (χ0n) is 20.0. The van der Waals surface area contributed by atoms with Crippen molar-refractivity contribution in [1.29, 1.82) is 0 Å². The lowest BCUT2D eigenvalue weighted by molar-refractivity contribution is -0.114. The van der Waals surface area contributed by atoms with Crippen LogP contribution in [-0.2, 0) is 9.53 Å². The van der Waals surface area contributed by atoms with Gasteiger partial charge in [-0.15, -0.1) is 0 Å². The summed E-state index contributed by atoms with van der Waals surface area (Å²) in [7, 11) is 1.53. The minimum Gasteiger partial charge on any atom is -0.497 e. The molecule has 1 N–H and O–H groups in total. The summed E-state index contributed by atoms with van der Waals surface area (Å²) in [4.78, 5) is 59.6. The van der Waals surface area contributed by atoms with Crippen molar-refractivity contribution in [3.63, 3.8) is 0 Å². The van der Waals surface area contributed by atoms with E-state index >= 15 is 0 Å². The molecular formula is C26H26N4O6. The molecule has 0 spiro atoms. The van der Waals surface area contributed by atoms with Crippen molar-refractivity contribution in [3.05, 3.63) is 76.1 Å². The Morgan fingerprint density at radius 3 is 2.39 bits per heavy atom. The second kappa shape index (κ2) is 10.9. The highest BCUT2D eigenvalue weighted by atomic mass is 16.6. The van der Waals surface area contributed by atoms with Crippen LogP contribution in [0.3, 0.4) is 0 Å². The summed E-state index contributed by atoms with van der Waals surface area (Å²) < 4.78 is 10.1. The van der Waals surface area contributed by atoms with Gasteiger partial charge in [0, 0.05) is 36.3 Å². The van der Waals surface area contributed by atoms with Crippen LogP contribution in [0.4, 0.5) is 4.79 Å². The lowest BCUT2D eigenvalue weighted by Gasteiger charge is -2.31. The number of ether oxygens (including phenoxy) is 2. The molecule has 0 bridgehead atoms. The zero-order chi connectivity index (χ0) is 25.7. The molecule has 10 heteroatoms. The van der Waals surface area contributed by atoms with Crippen LogP contribution in [-0.4, -0.2) is 61.4 Å². The van der Waals surface area contributed by atoms with Crippen molar-refractivity contribution in [1.82, 2.24) is 10.2 Å². The number of piperidine rings is 1. The van der Waals surface area contributed by atoms with Crippen LogP contribution >= 0.6 is 0 Å². The molecule has 3 amide bonds. The van der Waals surface area contributed by atoms with Crippen LogP contribution < -0.4 is 20.8 Å². The largest absolute Gasteiger partial charge is 0.497 e. The summed E-state index contributed by atoms with van der Waals surface area (Å²) in [6, 6.07) is 11.1. The van der Waals surface area contributed by atoms with E-state index in [1.807, 2.05) is 0 Å². The van der Waals surface area contributed by atoms with Gasteiger partial charge in [0.1, 0.15) is 11.4 Å². The van der Waals surface area contributed by atoms with Gasteiger partial charge in [0.2, 0.25) is 0 Å². The molecule has 4 rings (SSSR count). The highest BCUT2D eigenvalue weighted by molar-refractivity contribution is 6.09. The van der Waals surface area contributed by atoms with Gasteiger partial charge in [0.25, 0.3) is 11.8 Å². The Hall–Kier alpha value is -4.34. The van der Waals surface area contributed by atoms with E-state index in [9.17, 15) is 19.2 Å². The highest BCUT2D eigenvalue weighted by Crippen LogP contribution is 2.14. The molecule has 0 aromatic heterocycles. The number of likely N-dealkylation sites (tertiary alicyclic amines) is 1. The number of amides is 3. The van der Waals surface area contributed by atoms with Crippen LogP contribution in [0.25, 0.3) is 0 Å². The number of carbonyl (C=O) groups is 4. The minimum absolute atomic E-state index is 0.0751. The summed E-state index contributed by atoms with van der Waals surface area (Å²) in [6.45, 7) is 3.09. The Balaban J connectivity index is 1.44. The van der Waals surface area contributed by atoms with Gasteiger partial charge < -0.3 is 19.7 Å². The number of carbonyl (C=O) groups excluding carboxylic acids is 4. The topological polar surface area (TPSA) is 127 Å². The standard InChI is InChI=1S/C26H26N4O6/c1-3-36-26(34)30-12-10-18(11-13-30)27-24(32)17-6-9-20-21(14-17)29-25(33)22(28-20)15-23(31)16-4-7-19(35-2)8-5-16/h4-9,14-15,18H,3,10-13H2,1-2H3,(H,27,32)/b22-15-. The SMILES string of the molecule is CCOC(=O)N1CCC(NC(=O)c2ccc3c(c2)=NC(=O)/C(=C/C(=O)c2ccc(OC)cc2)N=3)CC1. The number of hydrogen-bond acceptors (Lipinski definition) is 7. The van der Waals surface area contributed by atoms with E-state index in [4.69, 9.17) is 9.47 Å². The van der Waals surface area contributed by atoms with Gasteiger partial charge in [0.05, 0.1) is 24.4 Å². The van der Waals surface area contributed by atoms with Crippen molar-refractivity contribution < 1.29 is 28.7 Å². The molecule has 2 aliphatic rings. The molecule has 0 saturated carbocycles. The predicted molar refractivity (Wildman–Crippen MR) is 128 cm³/mol. The van der Waals surface area contributed by atoms with Gasteiger partial charge in [-0.2, -0.15) is 0 Å². The molecular weight excluding hydrogens is 464 g/mol. The van der Waals surface area contributed by atoms with Crippen molar-refractivity contribution in [3.8, 4) is 5.75 Å². The lowest BCUT2D eigenvalue weighted by Crippen LogP contribution is -2.47. The van der Waals surface area contributed by atoms with Crippen LogP contribution in [0.5, 0.6) is 5.75 Å². The molecule has 0 unspecified atom stereocenters. The normalized spacial score (nSPS) is 16.4. The van der Waals surface area contributed by atoms with Crippen molar-refractivity contribution >= 4 is 23.7 Å². The zero-order valence-corrected chi connectivity index (χ0v) is 20.0. The molecule has 0 radical (unpaired) electrons. The second-order valence-electron chi connectivity index (χ2n) is 8.29. The Bertz CT molecular complexity index is 1340. The van der Waals surface area contributed by atoms with Crippen molar-refractivity contribution in [2.45, 2.75) is 25.8 Å². The van der Waals surface area contributed by atoms with Crippen LogP contribution in [0.2, 0.25) is 0 Å². The number of methoxy groups -OCH3 is 1. The second-order valence-corrected chi connectivity index (χ2v) is 8.29. The van der Waals surface area contributed by atoms with Crippen LogP contribution in [0, 0.1) is 0 Å². The number of nitrogens with one attached hydrogen (secondary N) is 1. The summed E-state index contributed by atoms with van der Waals surface area (Å²) in [5.74, 6) is -0.726. The maximum absolute atomic E-state index is 12.8. The fourth-order valence-electron chi connectivity index (χ4n) is 3.94. The predicted octanol–water partition coefficient (Wildman–Crippen LogP) is 1.59. The quantitative estimate of drug-likeness (QED) is 0.484. The first-order valence-electron chi connectivity index (χ1n) is 11.6. The fourth-order valence-corrected chi connectivity index (χ4v) is 3.94. The number of ketones is 1. The van der Waals surface area contributed by atoms with Crippen LogP contribution in [0.1, 0.15) is 40.5 Å². The monoisotopic (exact) mass is 490 g/mol. The molecule has 186 valence electrons. The molecule has 1 saturated heterocycles. The highest BCUT2D eigenvalue weighted by Gasteiger charge is 2.25. The first-order valence-corrected chi connectivity index (χ1v) is 11.6. The number of nitrogens with zero attached hydrogens (tertiary/aromatic N) is 3. The smallest absolute Gasteiger partial charge is 0.409 e. The third kappa shape index (κ3) is 5.65. The van der Waals surface area contributed by atoms with Gasteiger partial charge in [-0.25, -0.2) is 14.8 Å². The van der Waals surface area contributed by atoms with E-state index in [1.165, 1.54) is 13.2 Å².